The van der Waals surface area contributed by atoms with E-state index in [-0.39, 0.29) is 0 Å². The van der Waals surface area contributed by atoms with Crippen LogP contribution in [0.3, 0.4) is 0 Å². The van der Waals surface area contributed by atoms with Crippen molar-refractivity contribution in [1.82, 2.24) is 9.97 Å². The number of unbranched alkanes of at least 4 members (excludes halogenated alkanes) is 1. The molecule has 0 atom stereocenters. The SMILES string of the molecule is CCCNc1ncc(Cl)c(NCCCCOCCOC)n1. The second-order valence-electron chi connectivity index (χ2n) is 4.56. The lowest BCUT2D eigenvalue weighted by Gasteiger charge is -2.09. The molecule has 1 aromatic heterocycles. The maximum absolute atomic E-state index is 6.07. The number of hydrogen-bond acceptors (Lipinski definition) is 6. The van der Waals surface area contributed by atoms with E-state index in [0.29, 0.717) is 30.0 Å². The molecule has 0 radical (unpaired) electrons. The van der Waals surface area contributed by atoms with Crippen LogP contribution >= 0.6 is 11.6 Å². The molecule has 0 aliphatic rings. The van der Waals surface area contributed by atoms with E-state index in [9.17, 15) is 0 Å². The second kappa shape index (κ2) is 11.5. The van der Waals surface area contributed by atoms with Gasteiger partial charge in [0.15, 0.2) is 0 Å². The Kier molecular flexibility index (Phi) is 9.86. The number of halogens is 1. The van der Waals surface area contributed by atoms with E-state index in [1.54, 1.807) is 13.3 Å². The average Bonchev–Trinajstić information content (AvgIpc) is 2.50. The monoisotopic (exact) mass is 316 g/mol. The molecule has 1 rings (SSSR count). The first-order valence-electron chi connectivity index (χ1n) is 7.35. The normalized spacial score (nSPS) is 10.6. The van der Waals surface area contributed by atoms with Crippen LogP contribution in [-0.2, 0) is 9.47 Å². The van der Waals surface area contributed by atoms with Crippen molar-refractivity contribution >= 4 is 23.4 Å². The van der Waals surface area contributed by atoms with E-state index in [2.05, 4.69) is 27.5 Å². The fourth-order valence-electron chi connectivity index (χ4n) is 1.59. The highest BCUT2D eigenvalue weighted by Crippen LogP contribution is 2.19. The van der Waals surface area contributed by atoms with Crippen molar-refractivity contribution in [2.24, 2.45) is 0 Å². The number of rotatable bonds is 12. The molecule has 0 fully saturated rings. The minimum absolute atomic E-state index is 0.536. The summed E-state index contributed by atoms with van der Waals surface area (Å²) in [6, 6.07) is 0. The molecule has 0 spiro atoms. The van der Waals surface area contributed by atoms with Gasteiger partial charge in [-0.25, -0.2) is 4.98 Å². The first kappa shape index (κ1) is 17.9. The van der Waals surface area contributed by atoms with Gasteiger partial charge in [-0.3, -0.25) is 0 Å². The van der Waals surface area contributed by atoms with Gasteiger partial charge in [-0.05, 0) is 19.3 Å². The molecule has 0 unspecified atom stereocenters. The molecule has 0 aromatic carbocycles. The molecule has 2 N–H and O–H groups in total. The maximum atomic E-state index is 6.07. The Balaban J connectivity index is 2.21. The lowest BCUT2D eigenvalue weighted by molar-refractivity contribution is 0.0691. The number of aromatic nitrogens is 2. The fourth-order valence-corrected chi connectivity index (χ4v) is 1.75. The zero-order valence-corrected chi connectivity index (χ0v) is 13.6. The van der Waals surface area contributed by atoms with E-state index in [1.165, 1.54) is 0 Å². The summed E-state index contributed by atoms with van der Waals surface area (Å²) in [4.78, 5) is 8.49. The van der Waals surface area contributed by atoms with Gasteiger partial charge in [0.05, 0.1) is 19.4 Å². The molecule has 6 nitrogen and oxygen atoms in total. The Labute approximate surface area is 131 Å². The summed E-state index contributed by atoms with van der Waals surface area (Å²) < 4.78 is 10.3. The lowest BCUT2D eigenvalue weighted by atomic mass is 10.3. The van der Waals surface area contributed by atoms with Crippen LogP contribution < -0.4 is 10.6 Å². The van der Waals surface area contributed by atoms with Gasteiger partial charge in [0.2, 0.25) is 5.95 Å². The van der Waals surface area contributed by atoms with Crippen molar-refractivity contribution in [1.29, 1.82) is 0 Å². The molecule has 0 amide bonds. The molecule has 1 heterocycles. The van der Waals surface area contributed by atoms with Crippen LogP contribution in [0.25, 0.3) is 0 Å². The standard InChI is InChI=1S/C14H25ClN4O2/c1-3-6-17-14-18-11-12(15)13(19-14)16-7-4-5-8-21-10-9-20-2/h11H,3-10H2,1-2H3,(H2,16,17,18,19). The van der Waals surface area contributed by atoms with E-state index in [1.807, 2.05) is 0 Å². The van der Waals surface area contributed by atoms with Crippen molar-refractivity contribution in [3.63, 3.8) is 0 Å². The van der Waals surface area contributed by atoms with Crippen molar-refractivity contribution in [3.8, 4) is 0 Å². The predicted octanol–water partition coefficient (Wildman–Crippen LogP) is 2.81. The first-order valence-corrected chi connectivity index (χ1v) is 7.72. The summed E-state index contributed by atoms with van der Waals surface area (Å²) in [5.41, 5.74) is 0. The van der Waals surface area contributed by atoms with Crippen LogP contribution in [0.15, 0.2) is 6.20 Å². The highest BCUT2D eigenvalue weighted by atomic mass is 35.5. The van der Waals surface area contributed by atoms with Gasteiger partial charge in [-0.2, -0.15) is 4.98 Å². The molecule has 7 heteroatoms. The summed E-state index contributed by atoms with van der Waals surface area (Å²) in [7, 11) is 1.67. The van der Waals surface area contributed by atoms with Gasteiger partial charge in [-0.1, -0.05) is 18.5 Å². The zero-order chi connectivity index (χ0) is 15.3. The molecular formula is C14H25ClN4O2. The summed E-state index contributed by atoms with van der Waals surface area (Å²) in [5.74, 6) is 1.28. The summed E-state index contributed by atoms with van der Waals surface area (Å²) in [6.07, 6.45) is 4.62. The molecule has 0 bridgehead atoms. The van der Waals surface area contributed by atoms with E-state index >= 15 is 0 Å². The molecule has 0 aliphatic carbocycles. The Morgan fingerprint density at radius 3 is 2.76 bits per heavy atom. The number of nitrogens with zero attached hydrogens (tertiary/aromatic N) is 2. The third-order valence-electron chi connectivity index (χ3n) is 2.72. The molecular weight excluding hydrogens is 292 g/mol. The third kappa shape index (κ3) is 8.04. The molecule has 1 aromatic rings. The minimum Gasteiger partial charge on any atom is -0.382 e. The first-order chi connectivity index (χ1) is 10.3. The van der Waals surface area contributed by atoms with E-state index < -0.39 is 0 Å². The van der Waals surface area contributed by atoms with Crippen molar-refractivity contribution < 1.29 is 9.47 Å². The van der Waals surface area contributed by atoms with Crippen LogP contribution in [0.5, 0.6) is 0 Å². The number of methoxy groups -OCH3 is 1. The van der Waals surface area contributed by atoms with Gasteiger partial charge >= 0.3 is 0 Å². The Hall–Kier alpha value is -1.11. The molecule has 0 saturated carbocycles. The van der Waals surface area contributed by atoms with Gasteiger partial charge in [-0.15, -0.1) is 0 Å². The number of anilines is 2. The van der Waals surface area contributed by atoms with Crippen LogP contribution in [0, 0.1) is 0 Å². The highest BCUT2D eigenvalue weighted by Gasteiger charge is 2.04. The van der Waals surface area contributed by atoms with E-state index in [0.717, 1.165) is 39.0 Å². The maximum Gasteiger partial charge on any atom is 0.224 e. The van der Waals surface area contributed by atoms with Gasteiger partial charge in [0, 0.05) is 26.8 Å². The van der Waals surface area contributed by atoms with Gasteiger partial charge in [0.25, 0.3) is 0 Å². The third-order valence-corrected chi connectivity index (χ3v) is 2.99. The number of nitrogens with one attached hydrogen (secondary N) is 2. The van der Waals surface area contributed by atoms with Crippen LogP contribution in [0.1, 0.15) is 26.2 Å². The van der Waals surface area contributed by atoms with Gasteiger partial charge in [0.1, 0.15) is 10.8 Å². The Bertz CT molecular complexity index is 393. The topological polar surface area (TPSA) is 68.3 Å². The summed E-state index contributed by atoms with van der Waals surface area (Å²) in [5, 5.41) is 6.90. The summed E-state index contributed by atoms with van der Waals surface area (Å²) in [6.45, 7) is 5.77. The second-order valence-corrected chi connectivity index (χ2v) is 4.96. The summed E-state index contributed by atoms with van der Waals surface area (Å²) >= 11 is 6.07. The zero-order valence-electron chi connectivity index (χ0n) is 12.8. The molecule has 21 heavy (non-hydrogen) atoms. The highest BCUT2D eigenvalue weighted by molar-refractivity contribution is 6.32. The number of ether oxygens (including phenoxy) is 2. The Morgan fingerprint density at radius 1 is 1.14 bits per heavy atom. The molecule has 120 valence electrons. The number of hydrogen-bond donors (Lipinski definition) is 2. The molecule has 0 saturated heterocycles. The largest absolute Gasteiger partial charge is 0.382 e. The van der Waals surface area contributed by atoms with Crippen molar-refractivity contribution in [2.75, 3.05) is 50.7 Å². The minimum atomic E-state index is 0.536. The van der Waals surface area contributed by atoms with Crippen molar-refractivity contribution in [2.45, 2.75) is 26.2 Å². The van der Waals surface area contributed by atoms with Crippen LogP contribution in [0.4, 0.5) is 11.8 Å². The van der Waals surface area contributed by atoms with Gasteiger partial charge < -0.3 is 20.1 Å². The fraction of sp³-hybridized carbons (Fsp3) is 0.714. The predicted molar refractivity (Wildman–Crippen MR) is 86.2 cm³/mol. The smallest absolute Gasteiger partial charge is 0.224 e. The van der Waals surface area contributed by atoms with Crippen LogP contribution in [-0.4, -0.2) is 50.0 Å². The average molecular weight is 317 g/mol. The molecule has 0 aliphatic heterocycles. The van der Waals surface area contributed by atoms with Crippen LogP contribution in [0.2, 0.25) is 5.02 Å². The Morgan fingerprint density at radius 2 is 2.00 bits per heavy atom. The van der Waals surface area contributed by atoms with E-state index in [4.69, 9.17) is 21.1 Å². The van der Waals surface area contributed by atoms with Crippen molar-refractivity contribution in [3.05, 3.63) is 11.2 Å². The lowest BCUT2D eigenvalue weighted by Crippen LogP contribution is -2.09. The quantitative estimate of drug-likeness (QED) is 0.578.